The number of methoxy groups -OCH3 is 1. The summed E-state index contributed by atoms with van der Waals surface area (Å²) in [6.07, 6.45) is -0.273. The molecular weight excluding hydrogens is 400 g/mol. The summed E-state index contributed by atoms with van der Waals surface area (Å²) in [7, 11) is 1.50. The van der Waals surface area contributed by atoms with Crippen LogP contribution in [0.4, 0.5) is 16.2 Å². The van der Waals surface area contributed by atoms with Gasteiger partial charge in [-0.15, -0.1) is 0 Å². The highest BCUT2D eigenvalue weighted by Gasteiger charge is 2.41. The molecule has 1 heterocycles. The fraction of sp³-hybridized carbons (Fsp3) is 0.158. The Morgan fingerprint density at radius 2 is 1.86 bits per heavy atom. The van der Waals surface area contributed by atoms with Crippen molar-refractivity contribution in [3.63, 3.8) is 0 Å². The standard InChI is InChI=1S/C19H16N2O7S/c1-28-12-5-3-11(4-6-12)21-17(24)15(29-19(21)27)9-16(23)20-10-2-7-14(22)13(8-10)18(25)26/h2-8,15,22H,9H2,1H3,(H,20,23)(H,25,26). The average molecular weight is 416 g/mol. The number of benzene rings is 2. The van der Waals surface area contributed by atoms with Gasteiger partial charge in [-0.2, -0.15) is 0 Å². The maximum absolute atomic E-state index is 12.6. The van der Waals surface area contributed by atoms with Crippen molar-refractivity contribution < 1.29 is 34.1 Å². The van der Waals surface area contributed by atoms with Crippen LogP contribution in [0, 0.1) is 0 Å². The summed E-state index contributed by atoms with van der Waals surface area (Å²) in [5.74, 6) is -2.29. The normalized spacial score (nSPS) is 16.0. The minimum atomic E-state index is -1.35. The van der Waals surface area contributed by atoms with Crippen molar-refractivity contribution in [3.05, 3.63) is 48.0 Å². The summed E-state index contributed by atoms with van der Waals surface area (Å²) in [4.78, 5) is 49.2. The van der Waals surface area contributed by atoms with Gasteiger partial charge in [-0.25, -0.2) is 9.69 Å². The van der Waals surface area contributed by atoms with Crippen molar-refractivity contribution in [2.75, 3.05) is 17.3 Å². The first-order valence-corrected chi connectivity index (χ1v) is 9.23. The van der Waals surface area contributed by atoms with Crippen LogP contribution < -0.4 is 15.0 Å². The van der Waals surface area contributed by atoms with Crippen molar-refractivity contribution in [2.45, 2.75) is 11.7 Å². The molecule has 0 bridgehead atoms. The first kappa shape index (κ1) is 20.2. The predicted molar refractivity (Wildman–Crippen MR) is 106 cm³/mol. The van der Waals surface area contributed by atoms with E-state index in [0.29, 0.717) is 11.4 Å². The molecule has 1 unspecified atom stereocenters. The fourth-order valence-corrected chi connectivity index (χ4v) is 3.70. The van der Waals surface area contributed by atoms with Gasteiger partial charge in [-0.05, 0) is 54.2 Å². The number of rotatable bonds is 6. The summed E-state index contributed by atoms with van der Waals surface area (Å²) < 4.78 is 5.05. The van der Waals surface area contributed by atoms with Crippen LogP contribution in [0.5, 0.6) is 11.5 Å². The maximum atomic E-state index is 12.6. The number of carboxylic acids is 1. The number of hydrogen-bond donors (Lipinski definition) is 3. The molecule has 0 radical (unpaired) electrons. The minimum absolute atomic E-state index is 0.152. The monoisotopic (exact) mass is 416 g/mol. The molecule has 1 aliphatic heterocycles. The van der Waals surface area contributed by atoms with Crippen LogP contribution in [0.15, 0.2) is 42.5 Å². The van der Waals surface area contributed by atoms with E-state index in [0.717, 1.165) is 28.8 Å². The molecule has 2 aromatic carbocycles. The van der Waals surface area contributed by atoms with Crippen LogP contribution in [0.2, 0.25) is 0 Å². The average Bonchev–Trinajstić information content (AvgIpc) is 2.96. The molecule has 1 aliphatic rings. The topological polar surface area (TPSA) is 133 Å². The molecule has 1 fully saturated rings. The molecule has 150 valence electrons. The van der Waals surface area contributed by atoms with Gasteiger partial charge in [0.05, 0.1) is 12.8 Å². The van der Waals surface area contributed by atoms with Crippen molar-refractivity contribution in [2.24, 2.45) is 0 Å². The van der Waals surface area contributed by atoms with E-state index in [1.165, 1.54) is 13.2 Å². The van der Waals surface area contributed by atoms with Gasteiger partial charge >= 0.3 is 5.97 Å². The lowest BCUT2D eigenvalue weighted by molar-refractivity contribution is -0.121. The number of thioether (sulfide) groups is 1. The zero-order chi connectivity index (χ0) is 21.1. The zero-order valence-corrected chi connectivity index (χ0v) is 15.9. The van der Waals surface area contributed by atoms with E-state index in [4.69, 9.17) is 9.84 Å². The number of aromatic carboxylic acids is 1. The van der Waals surface area contributed by atoms with Crippen molar-refractivity contribution in [3.8, 4) is 11.5 Å². The number of carbonyl (C=O) groups is 4. The number of nitrogens with zero attached hydrogens (tertiary/aromatic N) is 1. The molecule has 1 atom stereocenters. The largest absolute Gasteiger partial charge is 0.507 e. The third-order valence-corrected chi connectivity index (χ3v) is 5.17. The van der Waals surface area contributed by atoms with E-state index >= 15 is 0 Å². The summed E-state index contributed by atoms with van der Waals surface area (Å²) in [5.41, 5.74) is 0.162. The predicted octanol–water partition coefficient (Wildman–Crippen LogP) is 2.70. The Morgan fingerprint density at radius 1 is 1.17 bits per heavy atom. The Kier molecular flexibility index (Phi) is 5.74. The molecule has 3 N–H and O–H groups in total. The molecule has 0 saturated carbocycles. The first-order chi connectivity index (χ1) is 13.8. The highest BCUT2D eigenvalue weighted by atomic mass is 32.2. The molecular formula is C19H16N2O7S. The summed E-state index contributed by atoms with van der Waals surface area (Å²) in [6, 6.07) is 9.95. The quantitative estimate of drug-likeness (QED) is 0.612. The number of anilines is 2. The van der Waals surface area contributed by atoms with Gasteiger partial charge in [0.25, 0.3) is 5.24 Å². The number of carbonyl (C=O) groups excluding carboxylic acids is 3. The molecule has 2 aromatic rings. The lowest BCUT2D eigenvalue weighted by atomic mass is 10.1. The Bertz CT molecular complexity index is 991. The SMILES string of the molecule is COc1ccc(N2C(=O)SC(CC(=O)Nc3ccc(O)c(C(=O)O)c3)C2=O)cc1. The second kappa shape index (κ2) is 8.23. The number of ether oxygens (including phenoxy) is 1. The molecule has 0 aliphatic carbocycles. The van der Waals surface area contributed by atoms with Crippen molar-refractivity contribution in [1.29, 1.82) is 0 Å². The van der Waals surface area contributed by atoms with E-state index in [1.807, 2.05) is 0 Å². The molecule has 3 amide bonds. The second-order valence-corrected chi connectivity index (χ2v) is 7.19. The molecule has 0 aromatic heterocycles. The molecule has 3 rings (SSSR count). The van der Waals surface area contributed by atoms with E-state index in [-0.39, 0.29) is 17.7 Å². The number of hydrogen-bond acceptors (Lipinski definition) is 7. The molecule has 1 saturated heterocycles. The Morgan fingerprint density at radius 3 is 2.48 bits per heavy atom. The van der Waals surface area contributed by atoms with Gasteiger partial charge in [0.1, 0.15) is 22.3 Å². The third kappa shape index (κ3) is 4.32. The Labute approximate surface area is 169 Å². The molecule has 9 nitrogen and oxygen atoms in total. The first-order valence-electron chi connectivity index (χ1n) is 8.35. The highest BCUT2D eigenvalue weighted by Crippen LogP contribution is 2.34. The van der Waals surface area contributed by atoms with Crippen LogP contribution >= 0.6 is 11.8 Å². The van der Waals surface area contributed by atoms with Crippen LogP contribution in [0.3, 0.4) is 0 Å². The van der Waals surface area contributed by atoms with Crippen molar-refractivity contribution >= 4 is 46.2 Å². The number of phenols is 1. The number of nitrogens with one attached hydrogen (secondary N) is 1. The zero-order valence-electron chi connectivity index (χ0n) is 15.1. The number of carboxylic acid groups (broad SMARTS) is 1. The lowest BCUT2D eigenvalue weighted by Crippen LogP contribution is -2.32. The number of imide groups is 1. The third-order valence-electron chi connectivity index (χ3n) is 4.13. The number of aromatic hydroxyl groups is 1. The molecule has 29 heavy (non-hydrogen) atoms. The second-order valence-electron chi connectivity index (χ2n) is 6.03. The fourth-order valence-electron chi connectivity index (χ4n) is 2.72. The van der Waals surface area contributed by atoms with Crippen LogP contribution in [-0.2, 0) is 9.59 Å². The van der Waals surface area contributed by atoms with E-state index < -0.39 is 34.0 Å². The van der Waals surface area contributed by atoms with Gasteiger partial charge < -0.3 is 20.3 Å². The highest BCUT2D eigenvalue weighted by molar-refractivity contribution is 8.15. The van der Waals surface area contributed by atoms with E-state index in [9.17, 15) is 24.3 Å². The van der Waals surface area contributed by atoms with E-state index in [1.54, 1.807) is 24.3 Å². The Hall–Kier alpha value is -3.53. The van der Waals surface area contributed by atoms with Crippen molar-refractivity contribution in [1.82, 2.24) is 0 Å². The summed E-state index contributed by atoms with van der Waals surface area (Å²) in [6.45, 7) is 0. The number of amides is 3. The minimum Gasteiger partial charge on any atom is -0.507 e. The van der Waals surface area contributed by atoms with Gasteiger partial charge in [0.15, 0.2) is 0 Å². The van der Waals surface area contributed by atoms with Gasteiger partial charge in [0, 0.05) is 12.1 Å². The molecule has 10 heteroatoms. The summed E-state index contributed by atoms with van der Waals surface area (Å²) >= 11 is 0.747. The van der Waals surface area contributed by atoms with Crippen LogP contribution in [0.1, 0.15) is 16.8 Å². The van der Waals surface area contributed by atoms with Crippen LogP contribution in [0.25, 0.3) is 0 Å². The van der Waals surface area contributed by atoms with Crippen LogP contribution in [-0.4, -0.2) is 45.6 Å². The Balaban J connectivity index is 1.68. The molecule has 0 spiro atoms. The smallest absolute Gasteiger partial charge is 0.339 e. The van der Waals surface area contributed by atoms with Gasteiger partial charge in [0.2, 0.25) is 11.8 Å². The summed E-state index contributed by atoms with van der Waals surface area (Å²) in [5, 5.41) is 19.6. The van der Waals surface area contributed by atoms with Gasteiger partial charge in [-0.1, -0.05) is 0 Å². The maximum Gasteiger partial charge on any atom is 0.339 e. The van der Waals surface area contributed by atoms with E-state index in [2.05, 4.69) is 5.32 Å². The van der Waals surface area contributed by atoms with Gasteiger partial charge in [-0.3, -0.25) is 14.4 Å². The lowest BCUT2D eigenvalue weighted by Gasteiger charge is -2.14.